The van der Waals surface area contributed by atoms with Crippen LogP contribution in [0, 0.1) is 0 Å². The van der Waals surface area contributed by atoms with Crippen LogP contribution in [0.4, 0.5) is 10.5 Å². The molecule has 12 heteroatoms. The minimum absolute atomic E-state index is 0.0829. The third-order valence-corrected chi connectivity index (χ3v) is 5.34. The number of benzene rings is 2. The second-order valence-corrected chi connectivity index (χ2v) is 8.19. The van der Waals surface area contributed by atoms with Gasteiger partial charge in [-0.1, -0.05) is 0 Å². The summed E-state index contributed by atoms with van der Waals surface area (Å²) in [5, 5.41) is 8.07. The van der Waals surface area contributed by atoms with E-state index < -0.39 is 27.7 Å². The average molecular weight is 476 g/mol. The predicted octanol–water partition coefficient (Wildman–Crippen LogP) is 2.37. The van der Waals surface area contributed by atoms with Crippen molar-refractivity contribution < 1.29 is 36.6 Å². The fourth-order valence-corrected chi connectivity index (χ4v) is 3.50. The molecule has 0 fully saturated rings. The van der Waals surface area contributed by atoms with Crippen LogP contribution < -0.4 is 20.8 Å². The summed E-state index contributed by atoms with van der Waals surface area (Å²) in [4.78, 5) is 35.9. The largest absolute Gasteiger partial charge is 0.496 e. The highest BCUT2D eigenvalue weighted by Crippen LogP contribution is 2.25. The van der Waals surface area contributed by atoms with Gasteiger partial charge in [0.15, 0.2) is 0 Å². The Balaban J connectivity index is 1.87. The zero-order valence-corrected chi connectivity index (χ0v) is 18.4. The molecule has 1 amide bonds. The number of carbonyl (C=O) groups excluding carboxylic acids is 2. The molecule has 3 rings (SSSR count). The number of primary sulfonamides is 1. The summed E-state index contributed by atoms with van der Waals surface area (Å²) in [6.07, 6.45) is -0.667. The first-order valence-corrected chi connectivity index (χ1v) is 11.1. The molecule has 0 unspecified atom stereocenters. The van der Waals surface area contributed by atoms with Crippen LogP contribution in [0.1, 0.15) is 22.8 Å². The van der Waals surface area contributed by atoms with Crippen molar-refractivity contribution in [1.82, 2.24) is 0 Å². The molecule has 0 atom stereocenters. The number of esters is 1. The second kappa shape index (κ2) is 9.71. The van der Waals surface area contributed by atoms with Gasteiger partial charge in [-0.05, 0) is 37.3 Å². The minimum Gasteiger partial charge on any atom is -0.496 e. The first kappa shape index (κ1) is 23.8. The van der Waals surface area contributed by atoms with Crippen LogP contribution in [0.2, 0.25) is 0 Å². The van der Waals surface area contributed by atoms with Crippen molar-refractivity contribution in [3.05, 3.63) is 64.0 Å². The summed E-state index contributed by atoms with van der Waals surface area (Å²) in [5.74, 6) is -0.807. The van der Waals surface area contributed by atoms with E-state index in [0.29, 0.717) is 16.6 Å². The number of sulfonamides is 1. The van der Waals surface area contributed by atoms with Crippen molar-refractivity contribution in [2.24, 2.45) is 5.14 Å². The smallest absolute Gasteiger partial charge is 0.411 e. The highest BCUT2D eigenvalue weighted by molar-refractivity contribution is 7.89. The molecular formula is C21H20N2O9S. The normalized spacial score (nSPS) is 11.1. The van der Waals surface area contributed by atoms with E-state index in [0.717, 1.165) is 12.1 Å². The van der Waals surface area contributed by atoms with Gasteiger partial charge in [-0.2, -0.15) is 0 Å². The number of nitrogens with two attached hydrogens (primary N) is 1. The first-order chi connectivity index (χ1) is 15.6. The van der Waals surface area contributed by atoms with Crippen LogP contribution >= 0.6 is 0 Å². The van der Waals surface area contributed by atoms with Gasteiger partial charge in [-0.15, -0.1) is 0 Å². The molecule has 1 aromatic heterocycles. The lowest BCUT2D eigenvalue weighted by Gasteiger charge is -2.11. The van der Waals surface area contributed by atoms with Gasteiger partial charge in [0.25, 0.3) is 0 Å². The van der Waals surface area contributed by atoms with Gasteiger partial charge in [0.2, 0.25) is 10.0 Å². The van der Waals surface area contributed by atoms with Crippen LogP contribution in [0.3, 0.4) is 0 Å². The zero-order chi connectivity index (χ0) is 24.2. The van der Waals surface area contributed by atoms with Crippen molar-refractivity contribution in [1.29, 1.82) is 0 Å². The highest BCUT2D eigenvalue weighted by atomic mass is 32.2. The molecular weight excluding hydrogens is 456 g/mol. The average Bonchev–Trinajstić information content (AvgIpc) is 2.75. The first-order valence-electron chi connectivity index (χ1n) is 9.51. The molecule has 11 nitrogen and oxygen atoms in total. The Morgan fingerprint density at radius 1 is 1.09 bits per heavy atom. The summed E-state index contributed by atoms with van der Waals surface area (Å²) in [6, 6.07) is 9.24. The number of ether oxygens (including phenoxy) is 3. The fourth-order valence-electron chi connectivity index (χ4n) is 2.96. The van der Waals surface area contributed by atoms with Crippen LogP contribution in [-0.4, -0.2) is 34.2 Å². The van der Waals surface area contributed by atoms with E-state index in [9.17, 15) is 22.8 Å². The van der Waals surface area contributed by atoms with E-state index in [1.807, 2.05) is 0 Å². The van der Waals surface area contributed by atoms with Gasteiger partial charge in [0.1, 0.15) is 23.5 Å². The van der Waals surface area contributed by atoms with Crippen molar-refractivity contribution in [2.45, 2.75) is 18.4 Å². The van der Waals surface area contributed by atoms with E-state index >= 15 is 0 Å². The van der Waals surface area contributed by atoms with Crippen LogP contribution in [-0.2, 0) is 26.1 Å². The number of rotatable bonds is 7. The van der Waals surface area contributed by atoms with Crippen LogP contribution in [0.5, 0.6) is 5.75 Å². The number of methoxy groups -OCH3 is 1. The Hall–Kier alpha value is -3.90. The summed E-state index contributed by atoms with van der Waals surface area (Å²) in [7, 11) is -2.75. The maximum Gasteiger partial charge on any atom is 0.411 e. The number of amides is 1. The number of carbonyl (C=O) groups is 2. The summed E-state index contributed by atoms with van der Waals surface area (Å²) in [5.41, 5.74) is -0.0360. The maximum atomic E-state index is 12.6. The van der Waals surface area contributed by atoms with E-state index in [1.165, 1.54) is 25.3 Å². The summed E-state index contributed by atoms with van der Waals surface area (Å²) >= 11 is 0. The monoisotopic (exact) mass is 476 g/mol. The quantitative estimate of drug-likeness (QED) is 0.385. The van der Waals surface area contributed by atoms with E-state index in [4.69, 9.17) is 23.8 Å². The fraction of sp³-hybridized carbons (Fsp3) is 0.190. The van der Waals surface area contributed by atoms with E-state index in [1.54, 1.807) is 19.1 Å². The Morgan fingerprint density at radius 2 is 1.85 bits per heavy atom. The number of hydrogen-bond donors (Lipinski definition) is 2. The molecule has 0 aliphatic carbocycles. The van der Waals surface area contributed by atoms with Gasteiger partial charge in [-0.25, -0.2) is 27.9 Å². The third kappa shape index (κ3) is 5.67. The van der Waals surface area contributed by atoms with E-state index in [2.05, 4.69) is 5.32 Å². The molecule has 174 valence electrons. The molecule has 2 aromatic carbocycles. The molecule has 3 aromatic rings. The van der Waals surface area contributed by atoms with Gasteiger partial charge in [0, 0.05) is 28.8 Å². The molecule has 0 aliphatic rings. The molecule has 3 N–H and O–H groups in total. The summed E-state index contributed by atoms with van der Waals surface area (Å²) < 4.78 is 43.6. The lowest BCUT2D eigenvalue weighted by Crippen LogP contribution is -2.15. The topological polar surface area (TPSA) is 164 Å². The Labute approximate surface area is 188 Å². The van der Waals surface area contributed by atoms with Gasteiger partial charge in [0.05, 0.1) is 18.6 Å². The molecule has 0 saturated carbocycles. The van der Waals surface area contributed by atoms with Crippen LogP contribution in [0.25, 0.3) is 11.0 Å². The lowest BCUT2D eigenvalue weighted by atomic mass is 10.1. The molecule has 1 heterocycles. The number of fused-ring (bicyclic) bond motifs is 1. The van der Waals surface area contributed by atoms with Gasteiger partial charge >= 0.3 is 17.7 Å². The van der Waals surface area contributed by atoms with Gasteiger partial charge in [-0.3, -0.25) is 5.32 Å². The zero-order valence-electron chi connectivity index (χ0n) is 17.6. The Kier molecular flexibility index (Phi) is 6.99. The third-order valence-electron chi connectivity index (χ3n) is 4.43. The second-order valence-electron chi connectivity index (χ2n) is 6.63. The SMILES string of the molecule is CCOC(=O)Nc1ccc2c(COC(=O)c3cc(S(N)(=O)=O)ccc3OC)cc(=O)oc2c1. The Bertz CT molecular complexity index is 1380. The molecule has 33 heavy (non-hydrogen) atoms. The van der Waals surface area contributed by atoms with Crippen molar-refractivity contribution in [3.63, 3.8) is 0 Å². The number of nitrogens with one attached hydrogen (secondary N) is 1. The van der Waals surface area contributed by atoms with Crippen LogP contribution in [0.15, 0.2) is 56.6 Å². The van der Waals surface area contributed by atoms with Crippen molar-refractivity contribution in [3.8, 4) is 5.75 Å². The molecule has 0 spiro atoms. The minimum atomic E-state index is -4.06. The summed E-state index contributed by atoms with van der Waals surface area (Å²) in [6.45, 7) is 1.52. The predicted molar refractivity (Wildman–Crippen MR) is 117 cm³/mol. The maximum absolute atomic E-state index is 12.6. The van der Waals surface area contributed by atoms with E-state index in [-0.39, 0.29) is 35.0 Å². The van der Waals surface area contributed by atoms with Gasteiger partial charge < -0.3 is 18.6 Å². The standard InChI is InChI=1S/C21H20N2O9S/c1-3-30-21(26)23-13-4-6-15-12(8-19(24)32-18(15)9-13)11-31-20(25)16-10-14(33(22,27)28)5-7-17(16)29-2/h4-10H,3,11H2,1-2H3,(H,23,26)(H2,22,27,28). The van der Waals surface area contributed by atoms with Crippen molar-refractivity contribution >= 4 is 38.7 Å². The highest BCUT2D eigenvalue weighted by Gasteiger charge is 2.19. The molecule has 0 bridgehead atoms. The number of anilines is 1. The number of hydrogen-bond acceptors (Lipinski definition) is 9. The van der Waals surface area contributed by atoms with Crippen molar-refractivity contribution in [2.75, 3.05) is 19.0 Å². The molecule has 0 radical (unpaired) electrons. The Morgan fingerprint density at radius 3 is 2.52 bits per heavy atom. The lowest BCUT2D eigenvalue weighted by molar-refractivity contribution is 0.0469. The molecule has 0 saturated heterocycles. The molecule has 0 aliphatic heterocycles.